The van der Waals surface area contributed by atoms with Crippen molar-refractivity contribution in [1.29, 1.82) is 0 Å². The largest absolute Gasteiger partial charge is 0.497 e. The van der Waals surface area contributed by atoms with Crippen molar-refractivity contribution in [2.45, 2.75) is 38.5 Å². The topological polar surface area (TPSA) is 72.0 Å². The molecule has 198 valence electrons. The van der Waals surface area contributed by atoms with Crippen LogP contribution in [0.5, 0.6) is 11.5 Å². The second-order valence-electron chi connectivity index (χ2n) is 10.4. The fraction of sp³-hybridized carbons (Fsp3) is 0.517. The van der Waals surface area contributed by atoms with Gasteiger partial charge < -0.3 is 24.4 Å². The average Bonchev–Trinajstić information content (AvgIpc) is 3.35. The van der Waals surface area contributed by atoms with Crippen molar-refractivity contribution < 1.29 is 14.2 Å². The number of ether oxygens (including phenoxy) is 3. The fourth-order valence-electron chi connectivity index (χ4n) is 5.42. The van der Waals surface area contributed by atoms with Crippen molar-refractivity contribution in [3.8, 4) is 11.5 Å². The van der Waals surface area contributed by atoms with Crippen LogP contribution in [0.3, 0.4) is 0 Å². The normalized spacial score (nSPS) is 19.4. The molecule has 3 heterocycles. The number of fused-ring (bicyclic) bond motifs is 1. The Balaban J connectivity index is 1.13. The summed E-state index contributed by atoms with van der Waals surface area (Å²) in [4.78, 5) is 4.90. The van der Waals surface area contributed by atoms with Crippen LogP contribution in [0.1, 0.15) is 30.5 Å². The number of aromatic nitrogens is 2. The first kappa shape index (κ1) is 25.7. The quantitative estimate of drug-likeness (QED) is 0.440. The number of piperidine rings is 1. The second kappa shape index (κ2) is 12.1. The number of nitrogens with zero attached hydrogens (tertiary/aromatic N) is 4. The van der Waals surface area contributed by atoms with Gasteiger partial charge >= 0.3 is 0 Å². The predicted octanol–water partition coefficient (Wildman–Crippen LogP) is 4.19. The molecule has 2 aromatic carbocycles. The summed E-state index contributed by atoms with van der Waals surface area (Å²) in [5.41, 5.74) is 2.17. The molecule has 1 aromatic heterocycles. The summed E-state index contributed by atoms with van der Waals surface area (Å²) in [6.07, 6.45) is 3.35. The molecule has 1 N–H and O–H groups in total. The van der Waals surface area contributed by atoms with Crippen LogP contribution in [0.25, 0.3) is 10.8 Å². The Hall–Kier alpha value is -2.94. The summed E-state index contributed by atoms with van der Waals surface area (Å²) in [5, 5.41) is 14.7. The van der Waals surface area contributed by atoms with Crippen LogP contribution in [-0.2, 0) is 17.9 Å². The molecule has 0 bridgehead atoms. The Kier molecular flexibility index (Phi) is 8.38. The third-order valence-electron chi connectivity index (χ3n) is 7.58. The van der Waals surface area contributed by atoms with E-state index in [1.165, 1.54) is 18.5 Å². The molecule has 2 saturated heterocycles. The standard InChI is InChI=1S/C29H39N5O3/c1-33-13-10-22(17-33)19-37-24-6-4-21(5-7-24)18-34-14-11-23(12-15-34)30-29-27-16-25(36-3)8-9-26(27)28(20-35-2)31-32-29/h4-9,16,22-23H,10-15,17-20H2,1-3H3,(H,30,32). The van der Waals surface area contributed by atoms with E-state index in [0.29, 0.717) is 18.6 Å². The maximum atomic E-state index is 6.05. The van der Waals surface area contributed by atoms with Gasteiger partial charge in [-0.25, -0.2) is 0 Å². The Bertz CT molecular complexity index is 1160. The molecule has 3 aromatic rings. The molecule has 2 aliphatic rings. The van der Waals surface area contributed by atoms with Gasteiger partial charge in [0.15, 0.2) is 5.82 Å². The lowest BCUT2D eigenvalue weighted by Gasteiger charge is -2.32. The van der Waals surface area contributed by atoms with Crippen molar-refractivity contribution in [3.05, 3.63) is 53.7 Å². The maximum absolute atomic E-state index is 6.05. The average molecular weight is 506 g/mol. The maximum Gasteiger partial charge on any atom is 0.156 e. The molecule has 8 nitrogen and oxygen atoms in total. The predicted molar refractivity (Wildman–Crippen MR) is 146 cm³/mol. The number of hydrogen-bond donors (Lipinski definition) is 1. The van der Waals surface area contributed by atoms with Crippen molar-refractivity contribution in [2.24, 2.45) is 5.92 Å². The molecular formula is C29H39N5O3. The Morgan fingerprint density at radius 3 is 2.41 bits per heavy atom. The number of anilines is 1. The van der Waals surface area contributed by atoms with Gasteiger partial charge in [-0.1, -0.05) is 12.1 Å². The minimum Gasteiger partial charge on any atom is -0.497 e. The van der Waals surface area contributed by atoms with E-state index in [9.17, 15) is 0 Å². The molecule has 0 radical (unpaired) electrons. The van der Waals surface area contributed by atoms with Gasteiger partial charge in [0, 0.05) is 56.0 Å². The molecule has 0 saturated carbocycles. The zero-order valence-electron chi connectivity index (χ0n) is 22.3. The summed E-state index contributed by atoms with van der Waals surface area (Å²) in [6, 6.07) is 15.0. The van der Waals surface area contributed by atoms with E-state index in [1.807, 2.05) is 18.2 Å². The van der Waals surface area contributed by atoms with E-state index in [1.54, 1.807) is 14.2 Å². The Labute approximate surface area is 219 Å². The van der Waals surface area contributed by atoms with Gasteiger partial charge in [0.2, 0.25) is 0 Å². The van der Waals surface area contributed by atoms with Gasteiger partial charge in [-0.3, -0.25) is 4.90 Å². The van der Waals surface area contributed by atoms with E-state index in [2.05, 4.69) is 56.6 Å². The van der Waals surface area contributed by atoms with Gasteiger partial charge in [-0.2, -0.15) is 5.10 Å². The van der Waals surface area contributed by atoms with Crippen molar-refractivity contribution in [1.82, 2.24) is 20.0 Å². The van der Waals surface area contributed by atoms with Gasteiger partial charge in [0.25, 0.3) is 0 Å². The van der Waals surface area contributed by atoms with Gasteiger partial charge in [-0.15, -0.1) is 5.10 Å². The van der Waals surface area contributed by atoms with Crippen LogP contribution in [0, 0.1) is 5.92 Å². The Morgan fingerprint density at radius 1 is 0.919 bits per heavy atom. The summed E-state index contributed by atoms with van der Waals surface area (Å²) < 4.78 is 16.8. The molecule has 0 spiro atoms. The number of hydrogen-bond acceptors (Lipinski definition) is 8. The minimum absolute atomic E-state index is 0.360. The van der Waals surface area contributed by atoms with Crippen LogP contribution in [-0.4, -0.2) is 80.1 Å². The van der Waals surface area contributed by atoms with Crippen LogP contribution in [0.15, 0.2) is 42.5 Å². The number of rotatable bonds is 10. The first-order chi connectivity index (χ1) is 18.1. The molecule has 2 aliphatic heterocycles. The highest BCUT2D eigenvalue weighted by Crippen LogP contribution is 2.29. The number of methoxy groups -OCH3 is 2. The minimum atomic E-state index is 0.360. The fourth-order valence-corrected chi connectivity index (χ4v) is 5.42. The van der Waals surface area contributed by atoms with Crippen molar-refractivity contribution >= 4 is 16.6 Å². The van der Waals surface area contributed by atoms with Gasteiger partial charge in [-0.05, 0) is 68.8 Å². The number of likely N-dealkylation sites (tertiary alicyclic amines) is 2. The molecule has 5 rings (SSSR count). The molecule has 1 atom stereocenters. The lowest BCUT2D eigenvalue weighted by Crippen LogP contribution is -2.38. The first-order valence-electron chi connectivity index (χ1n) is 13.3. The molecule has 2 fully saturated rings. The van der Waals surface area contributed by atoms with Gasteiger partial charge in [0.05, 0.1) is 26.0 Å². The lowest BCUT2D eigenvalue weighted by molar-refractivity contribution is 0.182. The smallest absolute Gasteiger partial charge is 0.156 e. The second-order valence-corrected chi connectivity index (χ2v) is 10.4. The lowest BCUT2D eigenvalue weighted by atomic mass is 10.0. The van der Waals surface area contributed by atoms with E-state index in [-0.39, 0.29) is 0 Å². The zero-order valence-corrected chi connectivity index (χ0v) is 22.3. The highest BCUT2D eigenvalue weighted by atomic mass is 16.5. The number of nitrogens with one attached hydrogen (secondary N) is 1. The van der Waals surface area contributed by atoms with Crippen LogP contribution < -0.4 is 14.8 Å². The van der Waals surface area contributed by atoms with Crippen LogP contribution >= 0.6 is 0 Å². The summed E-state index contributed by atoms with van der Waals surface area (Å²) in [7, 11) is 5.54. The molecule has 0 aliphatic carbocycles. The SMILES string of the molecule is COCc1nnc(NC2CCN(Cc3ccc(OCC4CCN(C)C4)cc3)CC2)c2cc(OC)ccc12. The number of benzene rings is 2. The van der Waals surface area contributed by atoms with Crippen molar-refractivity contribution in [3.63, 3.8) is 0 Å². The zero-order chi connectivity index (χ0) is 25.6. The highest BCUT2D eigenvalue weighted by molar-refractivity contribution is 5.94. The van der Waals surface area contributed by atoms with E-state index in [0.717, 1.165) is 79.4 Å². The van der Waals surface area contributed by atoms with E-state index < -0.39 is 0 Å². The summed E-state index contributed by atoms with van der Waals surface area (Å²) in [6.45, 7) is 6.61. The monoisotopic (exact) mass is 505 g/mol. The Morgan fingerprint density at radius 2 is 1.70 bits per heavy atom. The molecular weight excluding hydrogens is 466 g/mol. The molecule has 37 heavy (non-hydrogen) atoms. The van der Waals surface area contributed by atoms with Crippen LogP contribution in [0.4, 0.5) is 5.82 Å². The third kappa shape index (κ3) is 6.50. The molecule has 0 amide bonds. The highest BCUT2D eigenvalue weighted by Gasteiger charge is 2.22. The molecule has 8 heteroatoms. The van der Waals surface area contributed by atoms with E-state index >= 15 is 0 Å². The summed E-state index contributed by atoms with van der Waals surface area (Å²) in [5.74, 6) is 3.24. The summed E-state index contributed by atoms with van der Waals surface area (Å²) >= 11 is 0. The first-order valence-corrected chi connectivity index (χ1v) is 13.3. The molecule has 1 unspecified atom stereocenters. The van der Waals surface area contributed by atoms with Crippen LogP contribution in [0.2, 0.25) is 0 Å². The van der Waals surface area contributed by atoms with E-state index in [4.69, 9.17) is 14.2 Å². The van der Waals surface area contributed by atoms with Crippen molar-refractivity contribution in [2.75, 3.05) is 59.4 Å². The van der Waals surface area contributed by atoms with Gasteiger partial charge in [0.1, 0.15) is 11.5 Å². The third-order valence-corrected chi connectivity index (χ3v) is 7.58.